The van der Waals surface area contributed by atoms with Crippen LogP contribution in [0.15, 0.2) is 29.1 Å². The van der Waals surface area contributed by atoms with E-state index >= 15 is 0 Å². The first kappa shape index (κ1) is 20.4. The Morgan fingerprint density at radius 2 is 1.93 bits per heavy atom. The minimum atomic E-state index is -0.975. The summed E-state index contributed by atoms with van der Waals surface area (Å²) in [6.07, 6.45) is 3.42. The van der Waals surface area contributed by atoms with Crippen LogP contribution in [0.4, 0.5) is 11.6 Å². The Hall–Kier alpha value is -2.87. The van der Waals surface area contributed by atoms with E-state index in [0.29, 0.717) is 21.9 Å². The van der Waals surface area contributed by atoms with Crippen LogP contribution < -0.4 is 15.8 Å². The lowest BCUT2D eigenvalue weighted by atomic mass is 10.1. The highest BCUT2D eigenvalue weighted by atomic mass is 32.1. The Morgan fingerprint density at radius 1 is 1.23 bits per heavy atom. The number of carboxylic acids is 1. The molecule has 0 aliphatic carbocycles. The van der Waals surface area contributed by atoms with Gasteiger partial charge in [0.15, 0.2) is 0 Å². The molecule has 0 spiro atoms. The maximum absolute atomic E-state index is 13.1. The van der Waals surface area contributed by atoms with Gasteiger partial charge in [-0.05, 0) is 45.2 Å². The number of carbonyl (C=O) groups is 1. The topological polar surface area (TPSA) is 87.5 Å². The highest BCUT2D eigenvalue weighted by Crippen LogP contribution is 2.35. The Labute approximate surface area is 179 Å². The first-order chi connectivity index (χ1) is 14.4. The summed E-state index contributed by atoms with van der Waals surface area (Å²) in [6.45, 7) is 5.78. The number of aromatic nitrogens is 2. The summed E-state index contributed by atoms with van der Waals surface area (Å²) in [5.41, 5.74) is 2.41. The molecule has 1 fully saturated rings. The SMILES string of the molecule is Cc1sc2c(=O)n(C)c(N3CCCCC3)nc2c1C(C)Nc1ccccc1C(=O)O. The molecule has 1 aliphatic rings. The van der Waals surface area contributed by atoms with Gasteiger partial charge in [-0.1, -0.05) is 12.1 Å². The van der Waals surface area contributed by atoms with Crippen molar-refractivity contribution in [2.45, 2.75) is 39.2 Å². The third-order valence-corrected chi connectivity index (χ3v) is 6.81. The van der Waals surface area contributed by atoms with Gasteiger partial charge in [-0.25, -0.2) is 9.78 Å². The van der Waals surface area contributed by atoms with E-state index in [1.165, 1.54) is 17.8 Å². The smallest absolute Gasteiger partial charge is 0.337 e. The molecule has 1 atom stereocenters. The van der Waals surface area contributed by atoms with Crippen molar-refractivity contribution in [1.29, 1.82) is 0 Å². The molecule has 1 aliphatic heterocycles. The second-order valence-corrected chi connectivity index (χ2v) is 9.01. The number of thiophene rings is 1. The molecular weight excluding hydrogens is 400 g/mol. The fourth-order valence-electron chi connectivity index (χ4n) is 4.21. The number of hydrogen-bond donors (Lipinski definition) is 2. The number of aryl methyl sites for hydroxylation is 1. The van der Waals surface area contributed by atoms with Gasteiger partial charge in [0, 0.05) is 36.3 Å². The predicted octanol–water partition coefficient (Wildman–Crippen LogP) is 4.17. The quantitative estimate of drug-likeness (QED) is 0.637. The van der Waals surface area contributed by atoms with Crippen LogP contribution in [0.1, 0.15) is 53.0 Å². The Balaban J connectivity index is 1.79. The van der Waals surface area contributed by atoms with Crippen LogP contribution in [0.3, 0.4) is 0 Å². The molecule has 7 nitrogen and oxygen atoms in total. The molecule has 3 heterocycles. The monoisotopic (exact) mass is 426 g/mol. The van der Waals surface area contributed by atoms with Gasteiger partial charge in [-0.2, -0.15) is 0 Å². The van der Waals surface area contributed by atoms with Crippen molar-refractivity contribution in [1.82, 2.24) is 9.55 Å². The molecule has 0 amide bonds. The van der Waals surface area contributed by atoms with E-state index < -0.39 is 5.97 Å². The van der Waals surface area contributed by atoms with Crippen LogP contribution in [0.2, 0.25) is 0 Å². The van der Waals surface area contributed by atoms with Crippen LogP contribution in [0.5, 0.6) is 0 Å². The van der Waals surface area contributed by atoms with Gasteiger partial charge in [-0.3, -0.25) is 9.36 Å². The number of benzene rings is 1. The number of anilines is 2. The Morgan fingerprint density at radius 3 is 2.63 bits per heavy atom. The zero-order valence-electron chi connectivity index (χ0n) is 17.4. The highest BCUT2D eigenvalue weighted by Gasteiger charge is 2.24. The number of piperidine rings is 1. The first-order valence-corrected chi connectivity index (χ1v) is 11.0. The van der Waals surface area contributed by atoms with Gasteiger partial charge in [0.05, 0.1) is 17.1 Å². The summed E-state index contributed by atoms with van der Waals surface area (Å²) >= 11 is 1.45. The van der Waals surface area contributed by atoms with Gasteiger partial charge in [-0.15, -0.1) is 11.3 Å². The molecule has 158 valence electrons. The molecule has 0 saturated carbocycles. The lowest BCUT2D eigenvalue weighted by Gasteiger charge is -2.29. The minimum absolute atomic E-state index is 0.0296. The van der Waals surface area contributed by atoms with E-state index in [2.05, 4.69) is 10.2 Å². The average molecular weight is 427 g/mol. The summed E-state index contributed by atoms with van der Waals surface area (Å²) in [5, 5.41) is 12.8. The molecule has 0 radical (unpaired) electrons. The Bertz CT molecular complexity index is 1160. The largest absolute Gasteiger partial charge is 0.478 e. The van der Waals surface area contributed by atoms with Crippen molar-refractivity contribution in [2.75, 3.05) is 23.3 Å². The van der Waals surface area contributed by atoms with Crippen LogP contribution >= 0.6 is 11.3 Å². The average Bonchev–Trinajstić information content (AvgIpc) is 3.07. The van der Waals surface area contributed by atoms with Crippen LogP contribution in [0, 0.1) is 6.92 Å². The van der Waals surface area contributed by atoms with Crippen molar-refractivity contribution in [2.24, 2.45) is 7.05 Å². The maximum Gasteiger partial charge on any atom is 0.337 e. The molecule has 3 aromatic rings. The second-order valence-electron chi connectivity index (χ2n) is 7.79. The van der Waals surface area contributed by atoms with Crippen molar-refractivity contribution in [3.63, 3.8) is 0 Å². The molecule has 8 heteroatoms. The first-order valence-electron chi connectivity index (χ1n) is 10.2. The third-order valence-electron chi connectivity index (χ3n) is 5.72. The molecule has 2 N–H and O–H groups in total. The van der Waals surface area contributed by atoms with Crippen LogP contribution in [0.25, 0.3) is 10.2 Å². The molecule has 1 saturated heterocycles. The molecule has 0 bridgehead atoms. The minimum Gasteiger partial charge on any atom is -0.478 e. The van der Waals surface area contributed by atoms with E-state index in [0.717, 1.165) is 36.4 Å². The van der Waals surface area contributed by atoms with Crippen molar-refractivity contribution in [3.8, 4) is 0 Å². The summed E-state index contributed by atoms with van der Waals surface area (Å²) in [7, 11) is 1.79. The molecule has 4 rings (SSSR count). The number of nitrogens with one attached hydrogen (secondary N) is 1. The normalized spacial score (nSPS) is 15.4. The Kier molecular flexibility index (Phi) is 5.51. The van der Waals surface area contributed by atoms with Crippen molar-refractivity contribution >= 4 is 39.2 Å². The fourth-order valence-corrected chi connectivity index (χ4v) is 5.37. The molecule has 30 heavy (non-hydrogen) atoms. The number of rotatable bonds is 5. The van der Waals surface area contributed by atoms with E-state index in [1.807, 2.05) is 19.9 Å². The van der Waals surface area contributed by atoms with E-state index in [9.17, 15) is 14.7 Å². The molecule has 2 aromatic heterocycles. The summed E-state index contributed by atoms with van der Waals surface area (Å²) in [4.78, 5) is 32.8. The molecule has 1 unspecified atom stereocenters. The van der Waals surface area contributed by atoms with Gasteiger partial charge >= 0.3 is 5.97 Å². The summed E-state index contributed by atoms with van der Waals surface area (Å²) in [6, 6.07) is 6.66. The van der Waals surface area contributed by atoms with Crippen LogP contribution in [-0.2, 0) is 7.05 Å². The standard InChI is InChI=1S/C22H26N4O3S/c1-13(23-16-10-6-5-9-15(16)21(28)29)17-14(2)30-19-18(17)24-22(25(3)20(19)27)26-11-7-4-8-12-26/h5-6,9-10,13,23H,4,7-8,11-12H2,1-3H3,(H,28,29). The van der Waals surface area contributed by atoms with E-state index in [1.54, 1.807) is 29.8 Å². The number of aromatic carboxylic acids is 1. The lowest BCUT2D eigenvalue weighted by Crippen LogP contribution is -2.35. The zero-order chi connectivity index (χ0) is 21.4. The lowest BCUT2D eigenvalue weighted by molar-refractivity contribution is 0.0698. The number of para-hydroxylation sites is 1. The number of carboxylic acid groups (broad SMARTS) is 1. The van der Waals surface area contributed by atoms with Gasteiger partial charge in [0.25, 0.3) is 5.56 Å². The molecule has 1 aromatic carbocycles. The number of nitrogens with zero attached hydrogens (tertiary/aromatic N) is 3. The zero-order valence-corrected chi connectivity index (χ0v) is 18.3. The van der Waals surface area contributed by atoms with Crippen LogP contribution in [-0.4, -0.2) is 33.7 Å². The van der Waals surface area contributed by atoms with Gasteiger partial charge in [0.2, 0.25) is 5.95 Å². The van der Waals surface area contributed by atoms with E-state index in [4.69, 9.17) is 4.98 Å². The van der Waals surface area contributed by atoms with Crippen molar-refractivity contribution < 1.29 is 9.90 Å². The van der Waals surface area contributed by atoms with Gasteiger partial charge in [0.1, 0.15) is 4.70 Å². The highest BCUT2D eigenvalue weighted by molar-refractivity contribution is 7.19. The molecular formula is C22H26N4O3S. The number of hydrogen-bond acceptors (Lipinski definition) is 6. The number of fused-ring (bicyclic) bond motifs is 1. The summed E-state index contributed by atoms with van der Waals surface area (Å²) in [5.74, 6) is -0.263. The second kappa shape index (κ2) is 8.10. The van der Waals surface area contributed by atoms with Gasteiger partial charge < -0.3 is 15.3 Å². The third kappa shape index (κ3) is 3.56. The van der Waals surface area contributed by atoms with Crippen molar-refractivity contribution in [3.05, 3.63) is 50.6 Å². The van der Waals surface area contributed by atoms with E-state index in [-0.39, 0.29) is 17.2 Å². The predicted molar refractivity (Wildman–Crippen MR) is 121 cm³/mol. The maximum atomic E-state index is 13.1. The fraction of sp³-hybridized carbons (Fsp3) is 0.409. The summed E-state index contributed by atoms with van der Waals surface area (Å²) < 4.78 is 2.30.